The van der Waals surface area contributed by atoms with E-state index in [9.17, 15) is 8.42 Å². The Labute approximate surface area is 164 Å². The molecule has 1 aliphatic heterocycles. The van der Waals surface area contributed by atoms with Crippen molar-refractivity contribution in [2.24, 2.45) is 4.99 Å². The molecule has 3 rings (SSSR count). The average molecular weight is 407 g/mol. The second kappa shape index (κ2) is 9.11. The van der Waals surface area contributed by atoms with Gasteiger partial charge in [-0.15, -0.1) is 0 Å². The third kappa shape index (κ3) is 5.04. The van der Waals surface area contributed by atoms with E-state index in [1.54, 1.807) is 13.1 Å². The van der Waals surface area contributed by atoms with Crippen LogP contribution in [0.25, 0.3) is 0 Å². The number of aryl methyl sites for hydroxylation is 2. The zero-order valence-corrected chi connectivity index (χ0v) is 16.9. The van der Waals surface area contributed by atoms with E-state index in [4.69, 9.17) is 0 Å². The number of rotatable bonds is 7. The van der Waals surface area contributed by atoms with Crippen molar-refractivity contribution in [1.29, 1.82) is 0 Å². The molecule has 0 saturated carbocycles. The first-order valence-electron chi connectivity index (χ1n) is 9.31. The van der Waals surface area contributed by atoms with Gasteiger partial charge in [0.1, 0.15) is 10.7 Å². The van der Waals surface area contributed by atoms with Crippen molar-refractivity contribution >= 4 is 16.0 Å². The van der Waals surface area contributed by atoms with Crippen molar-refractivity contribution in [3.63, 3.8) is 0 Å². The Bertz CT molecular complexity index is 910. The highest BCUT2D eigenvalue weighted by atomic mass is 32.2. The molecule has 0 saturated heterocycles. The van der Waals surface area contributed by atoms with Crippen molar-refractivity contribution in [2.45, 2.75) is 43.7 Å². The third-order valence-corrected chi connectivity index (χ3v) is 5.88. The van der Waals surface area contributed by atoms with Crippen LogP contribution in [-0.2, 0) is 29.4 Å². The molecule has 152 valence electrons. The summed E-state index contributed by atoms with van der Waals surface area (Å²) in [7, 11) is -1.87. The molecule has 0 bridgehead atoms. The maximum absolute atomic E-state index is 12.2. The molecule has 0 amide bonds. The predicted molar refractivity (Wildman–Crippen MR) is 105 cm³/mol. The zero-order chi connectivity index (χ0) is 20.0. The highest BCUT2D eigenvalue weighted by Crippen LogP contribution is 2.13. The molecule has 10 nitrogen and oxygen atoms in total. The van der Waals surface area contributed by atoms with Crippen molar-refractivity contribution in [2.75, 3.05) is 20.1 Å². The minimum atomic E-state index is -3.56. The van der Waals surface area contributed by atoms with E-state index in [1.807, 2.05) is 11.6 Å². The summed E-state index contributed by atoms with van der Waals surface area (Å²) in [5.41, 5.74) is 0. The lowest BCUT2D eigenvalue weighted by Gasteiger charge is -2.25. The topological polar surface area (TPSA) is 126 Å². The second-order valence-electron chi connectivity index (χ2n) is 6.45. The maximum atomic E-state index is 12.2. The van der Waals surface area contributed by atoms with E-state index in [1.165, 1.54) is 18.5 Å². The molecule has 3 heterocycles. The van der Waals surface area contributed by atoms with E-state index in [0.29, 0.717) is 12.5 Å². The summed E-state index contributed by atoms with van der Waals surface area (Å²) in [6, 6.07) is 3.29. The molecular formula is C17H26N8O2S. The summed E-state index contributed by atoms with van der Waals surface area (Å²) in [6.07, 6.45) is 5.49. The summed E-state index contributed by atoms with van der Waals surface area (Å²) in [5.74, 6) is 2.53. The van der Waals surface area contributed by atoms with E-state index in [-0.39, 0.29) is 17.5 Å². The normalized spacial score (nSPS) is 17.2. The molecule has 2 aromatic heterocycles. The maximum Gasteiger partial charge on any atom is 0.242 e. The van der Waals surface area contributed by atoms with Crippen LogP contribution < -0.4 is 15.4 Å². The molecule has 11 heteroatoms. The van der Waals surface area contributed by atoms with Gasteiger partial charge in [-0.3, -0.25) is 9.98 Å². The lowest BCUT2D eigenvalue weighted by atomic mass is 10.1. The van der Waals surface area contributed by atoms with E-state index in [2.05, 4.69) is 35.4 Å². The van der Waals surface area contributed by atoms with Gasteiger partial charge in [0, 0.05) is 51.4 Å². The summed E-state index contributed by atoms with van der Waals surface area (Å²) < 4.78 is 28.8. The summed E-state index contributed by atoms with van der Waals surface area (Å²) in [5, 5.41) is 11.0. The number of hydrogen-bond donors (Lipinski definition) is 3. The van der Waals surface area contributed by atoms with Crippen molar-refractivity contribution in [3.05, 3.63) is 36.2 Å². The first-order valence-corrected chi connectivity index (χ1v) is 10.8. The molecule has 28 heavy (non-hydrogen) atoms. The first kappa shape index (κ1) is 20.2. The van der Waals surface area contributed by atoms with Crippen LogP contribution in [0, 0.1) is 0 Å². The molecule has 1 unspecified atom stereocenters. The molecule has 0 aromatic carbocycles. The van der Waals surface area contributed by atoms with E-state index < -0.39 is 10.0 Å². The van der Waals surface area contributed by atoms with Gasteiger partial charge in [-0.25, -0.2) is 22.8 Å². The summed E-state index contributed by atoms with van der Waals surface area (Å²) in [4.78, 5) is 12.7. The van der Waals surface area contributed by atoms with Crippen LogP contribution in [0.3, 0.4) is 0 Å². The smallest absolute Gasteiger partial charge is 0.242 e. The minimum absolute atomic E-state index is 0.148. The van der Waals surface area contributed by atoms with Gasteiger partial charge in [-0.1, -0.05) is 6.92 Å². The highest BCUT2D eigenvalue weighted by molar-refractivity contribution is 7.89. The molecule has 2 aromatic rings. The van der Waals surface area contributed by atoms with Crippen LogP contribution in [-0.4, -0.2) is 60.3 Å². The van der Waals surface area contributed by atoms with Gasteiger partial charge in [-0.05, 0) is 18.6 Å². The number of hydrogen-bond acceptors (Lipinski definition) is 6. The van der Waals surface area contributed by atoms with Crippen molar-refractivity contribution in [1.82, 2.24) is 35.1 Å². The monoisotopic (exact) mass is 406 g/mol. The predicted octanol–water partition coefficient (Wildman–Crippen LogP) is -0.306. The first-order chi connectivity index (χ1) is 13.5. The fraction of sp³-hybridized carbons (Fsp3) is 0.529. The molecule has 3 N–H and O–H groups in total. The van der Waals surface area contributed by atoms with E-state index in [0.717, 1.165) is 37.5 Å². The van der Waals surface area contributed by atoms with Gasteiger partial charge in [0.05, 0.1) is 6.54 Å². The number of pyridine rings is 1. The Morgan fingerprint density at radius 2 is 2.25 bits per heavy atom. The summed E-state index contributed by atoms with van der Waals surface area (Å²) >= 11 is 0. The van der Waals surface area contributed by atoms with Gasteiger partial charge < -0.3 is 10.6 Å². The van der Waals surface area contributed by atoms with Crippen LogP contribution in [0.2, 0.25) is 0 Å². The molecule has 1 atom stereocenters. The lowest BCUT2D eigenvalue weighted by molar-refractivity contribution is 0.392. The summed E-state index contributed by atoms with van der Waals surface area (Å²) in [6.45, 7) is 3.41. The SMILES string of the molecule is CCc1nc2n(n1)CC(NC(=NC)NCCNS(=O)(=O)c1cccnc1)CC2. The number of aromatic nitrogens is 4. The number of nitrogens with one attached hydrogen (secondary N) is 3. The minimum Gasteiger partial charge on any atom is -0.355 e. The van der Waals surface area contributed by atoms with Crippen molar-refractivity contribution < 1.29 is 8.42 Å². The van der Waals surface area contributed by atoms with Gasteiger partial charge >= 0.3 is 0 Å². The van der Waals surface area contributed by atoms with Crippen molar-refractivity contribution in [3.8, 4) is 0 Å². The molecular weight excluding hydrogens is 380 g/mol. The lowest BCUT2D eigenvalue weighted by Crippen LogP contribution is -2.48. The number of sulfonamides is 1. The van der Waals surface area contributed by atoms with Gasteiger partial charge in [0.15, 0.2) is 11.8 Å². The van der Waals surface area contributed by atoms with Crippen LogP contribution in [0.15, 0.2) is 34.4 Å². The average Bonchev–Trinajstić information content (AvgIpc) is 3.13. The fourth-order valence-corrected chi connectivity index (χ4v) is 3.97. The molecule has 1 aliphatic rings. The Morgan fingerprint density at radius 3 is 2.96 bits per heavy atom. The standard InChI is InChI=1S/C17H26N8O2S/c1-3-15-23-16-7-6-13(12-25(16)24-15)22-17(18-2)20-9-10-21-28(26,27)14-5-4-8-19-11-14/h4-5,8,11,13,21H,3,6-7,9-10,12H2,1-2H3,(H2,18,20,22). The highest BCUT2D eigenvalue weighted by Gasteiger charge is 2.22. The third-order valence-electron chi connectivity index (χ3n) is 4.44. The van der Waals surface area contributed by atoms with Gasteiger partial charge in [-0.2, -0.15) is 5.10 Å². The quantitative estimate of drug-likeness (QED) is 0.327. The largest absolute Gasteiger partial charge is 0.355 e. The zero-order valence-electron chi connectivity index (χ0n) is 16.1. The second-order valence-corrected chi connectivity index (χ2v) is 8.21. The molecule has 0 aliphatic carbocycles. The Balaban J connectivity index is 1.45. The van der Waals surface area contributed by atoms with Crippen LogP contribution in [0.1, 0.15) is 25.0 Å². The molecule has 0 spiro atoms. The fourth-order valence-electron chi connectivity index (χ4n) is 2.97. The van der Waals surface area contributed by atoms with E-state index >= 15 is 0 Å². The number of nitrogens with zero attached hydrogens (tertiary/aromatic N) is 5. The Morgan fingerprint density at radius 1 is 1.39 bits per heavy atom. The number of guanidine groups is 1. The Hall–Kier alpha value is -2.53. The van der Waals surface area contributed by atoms with Crippen LogP contribution in [0.4, 0.5) is 0 Å². The van der Waals surface area contributed by atoms with Crippen LogP contribution in [0.5, 0.6) is 0 Å². The number of aliphatic imine (C=N–C) groups is 1. The Kier molecular flexibility index (Phi) is 6.57. The van der Waals surface area contributed by atoms with Gasteiger partial charge in [0.25, 0.3) is 0 Å². The van der Waals surface area contributed by atoms with Crippen LogP contribution >= 0.6 is 0 Å². The molecule has 0 fully saturated rings. The number of fused-ring (bicyclic) bond motifs is 1. The van der Waals surface area contributed by atoms with Gasteiger partial charge in [0.2, 0.25) is 10.0 Å². The molecule has 0 radical (unpaired) electrons.